The van der Waals surface area contributed by atoms with Crippen LogP contribution in [0.5, 0.6) is 0 Å². The molecule has 0 saturated carbocycles. The second-order valence-electron chi connectivity index (χ2n) is 6.52. The molecule has 21 heavy (non-hydrogen) atoms. The van der Waals surface area contributed by atoms with Gasteiger partial charge >= 0.3 is 0 Å². The van der Waals surface area contributed by atoms with Crippen LogP contribution >= 0.6 is 0 Å². The molecule has 0 unspecified atom stereocenters. The van der Waals surface area contributed by atoms with E-state index in [1.807, 2.05) is 0 Å². The Morgan fingerprint density at radius 1 is 1.19 bits per heavy atom. The number of carbonyl (C=O) groups excluding carboxylic acids is 1. The van der Waals surface area contributed by atoms with E-state index in [1.54, 1.807) is 0 Å². The molecule has 0 aromatic carbocycles. The smallest absolute Gasteiger partial charge is 0.222 e. The van der Waals surface area contributed by atoms with Gasteiger partial charge in [-0.2, -0.15) is 0 Å². The average Bonchev–Trinajstić information content (AvgIpc) is 2.47. The lowest BCUT2D eigenvalue weighted by Gasteiger charge is -2.22. The molecule has 1 rings (SSSR count). The highest BCUT2D eigenvalue weighted by molar-refractivity contribution is 5.75. The third kappa shape index (κ3) is 10.7. The van der Waals surface area contributed by atoms with Crippen LogP contribution in [-0.2, 0) is 9.53 Å². The third-order valence-corrected chi connectivity index (χ3v) is 4.00. The van der Waals surface area contributed by atoms with Gasteiger partial charge in [0.15, 0.2) is 0 Å². The first-order valence-electron chi connectivity index (χ1n) is 8.77. The Balaban J connectivity index is 1.85. The molecule has 0 radical (unpaired) electrons. The Hall–Kier alpha value is -0.610. The lowest BCUT2D eigenvalue weighted by Crippen LogP contribution is -2.33. The zero-order chi connectivity index (χ0) is 15.3. The number of ether oxygens (including phenoxy) is 1. The summed E-state index contributed by atoms with van der Waals surface area (Å²) in [6.07, 6.45) is 9.22. The maximum atomic E-state index is 11.7. The van der Waals surface area contributed by atoms with Gasteiger partial charge in [0.1, 0.15) is 0 Å². The van der Waals surface area contributed by atoms with Crippen LogP contribution in [-0.4, -0.2) is 38.3 Å². The van der Waals surface area contributed by atoms with Crippen LogP contribution in [0.1, 0.15) is 65.2 Å². The van der Waals surface area contributed by atoms with Crippen molar-refractivity contribution in [3.63, 3.8) is 0 Å². The van der Waals surface area contributed by atoms with Crippen LogP contribution in [0, 0.1) is 5.92 Å². The molecule has 0 aliphatic carbocycles. The molecule has 1 amide bonds. The maximum absolute atomic E-state index is 11.7. The highest BCUT2D eigenvalue weighted by Gasteiger charge is 2.13. The molecule has 2 N–H and O–H groups in total. The monoisotopic (exact) mass is 298 g/mol. The van der Waals surface area contributed by atoms with Gasteiger partial charge in [0.05, 0.1) is 12.7 Å². The van der Waals surface area contributed by atoms with Crippen molar-refractivity contribution in [2.45, 2.75) is 71.3 Å². The van der Waals surface area contributed by atoms with Crippen molar-refractivity contribution in [1.29, 1.82) is 0 Å². The van der Waals surface area contributed by atoms with E-state index in [9.17, 15) is 4.79 Å². The molecule has 124 valence electrons. The standard InChI is InChI=1S/C17H34N2O2/c1-15(2)7-5-3-4-6-11-19-17(20)10-14-21-16-8-12-18-13-9-16/h15-16,18H,3-14H2,1-2H3,(H,19,20). The highest BCUT2D eigenvalue weighted by atomic mass is 16.5. The van der Waals surface area contributed by atoms with Crippen molar-refractivity contribution in [3.05, 3.63) is 0 Å². The fourth-order valence-corrected chi connectivity index (χ4v) is 2.63. The van der Waals surface area contributed by atoms with E-state index in [0.717, 1.165) is 44.8 Å². The predicted molar refractivity (Wildman–Crippen MR) is 87.4 cm³/mol. The van der Waals surface area contributed by atoms with E-state index < -0.39 is 0 Å². The molecule has 1 aliphatic heterocycles. The van der Waals surface area contributed by atoms with E-state index in [1.165, 1.54) is 25.7 Å². The Morgan fingerprint density at radius 2 is 1.90 bits per heavy atom. The zero-order valence-corrected chi connectivity index (χ0v) is 14.0. The Bertz CT molecular complexity index is 264. The van der Waals surface area contributed by atoms with Gasteiger partial charge in [-0.25, -0.2) is 0 Å². The second kappa shape index (κ2) is 12.0. The third-order valence-electron chi connectivity index (χ3n) is 4.00. The number of rotatable bonds is 11. The van der Waals surface area contributed by atoms with Gasteiger partial charge < -0.3 is 15.4 Å². The van der Waals surface area contributed by atoms with Crippen LogP contribution in [0.4, 0.5) is 0 Å². The minimum atomic E-state index is 0.131. The molecular formula is C17H34N2O2. The van der Waals surface area contributed by atoms with Crippen LogP contribution < -0.4 is 10.6 Å². The van der Waals surface area contributed by atoms with Crippen molar-refractivity contribution < 1.29 is 9.53 Å². The summed E-state index contributed by atoms with van der Waals surface area (Å²) in [6, 6.07) is 0. The number of carbonyl (C=O) groups is 1. The summed E-state index contributed by atoms with van der Waals surface area (Å²) in [6.45, 7) is 7.98. The van der Waals surface area contributed by atoms with Crippen LogP contribution in [0.25, 0.3) is 0 Å². The minimum absolute atomic E-state index is 0.131. The van der Waals surface area contributed by atoms with E-state index in [2.05, 4.69) is 24.5 Å². The molecule has 0 aromatic heterocycles. The maximum Gasteiger partial charge on any atom is 0.222 e. The first-order valence-corrected chi connectivity index (χ1v) is 8.77. The number of hydrogen-bond donors (Lipinski definition) is 2. The lowest BCUT2D eigenvalue weighted by atomic mass is 10.0. The quantitative estimate of drug-likeness (QED) is 0.577. The predicted octanol–water partition coefficient (Wildman–Crippen LogP) is 2.87. The number of hydrogen-bond acceptors (Lipinski definition) is 3. The average molecular weight is 298 g/mol. The second-order valence-corrected chi connectivity index (χ2v) is 6.52. The minimum Gasteiger partial charge on any atom is -0.378 e. The lowest BCUT2D eigenvalue weighted by molar-refractivity contribution is -0.122. The zero-order valence-electron chi connectivity index (χ0n) is 14.0. The Labute approximate surface area is 130 Å². The fraction of sp³-hybridized carbons (Fsp3) is 0.941. The summed E-state index contributed by atoms with van der Waals surface area (Å²) in [5.41, 5.74) is 0. The van der Waals surface area contributed by atoms with Gasteiger partial charge in [0, 0.05) is 13.0 Å². The van der Waals surface area contributed by atoms with Crippen LogP contribution in [0.3, 0.4) is 0 Å². The first kappa shape index (κ1) is 18.4. The molecule has 0 spiro atoms. The van der Waals surface area contributed by atoms with Gasteiger partial charge in [-0.3, -0.25) is 4.79 Å². The fourth-order valence-electron chi connectivity index (χ4n) is 2.63. The van der Waals surface area contributed by atoms with Crippen molar-refractivity contribution >= 4 is 5.91 Å². The number of piperidine rings is 1. The van der Waals surface area contributed by atoms with Crippen LogP contribution in [0.2, 0.25) is 0 Å². The highest BCUT2D eigenvalue weighted by Crippen LogP contribution is 2.09. The summed E-state index contributed by atoms with van der Waals surface area (Å²) in [5, 5.41) is 6.30. The van der Waals surface area contributed by atoms with Crippen molar-refractivity contribution in [2.24, 2.45) is 5.92 Å². The number of unbranched alkanes of at least 4 members (excludes halogenated alkanes) is 3. The van der Waals surface area contributed by atoms with E-state index >= 15 is 0 Å². The van der Waals surface area contributed by atoms with E-state index in [0.29, 0.717) is 19.1 Å². The SMILES string of the molecule is CC(C)CCCCCCNC(=O)CCOC1CCNCC1. The normalized spacial score (nSPS) is 16.3. The first-order chi connectivity index (χ1) is 10.2. The topological polar surface area (TPSA) is 50.4 Å². The molecule has 0 aromatic rings. The van der Waals surface area contributed by atoms with E-state index in [-0.39, 0.29) is 5.91 Å². The summed E-state index contributed by atoms with van der Waals surface area (Å²) < 4.78 is 5.73. The van der Waals surface area contributed by atoms with E-state index in [4.69, 9.17) is 4.74 Å². The molecule has 0 atom stereocenters. The van der Waals surface area contributed by atoms with Gasteiger partial charge in [0.2, 0.25) is 5.91 Å². The van der Waals surface area contributed by atoms with Gasteiger partial charge in [-0.15, -0.1) is 0 Å². The van der Waals surface area contributed by atoms with Crippen molar-refractivity contribution in [3.8, 4) is 0 Å². The Kier molecular flexibility index (Phi) is 10.5. The van der Waals surface area contributed by atoms with Gasteiger partial charge in [0.25, 0.3) is 0 Å². The largest absolute Gasteiger partial charge is 0.378 e. The summed E-state index contributed by atoms with van der Waals surface area (Å²) in [5.74, 6) is 0.941. The summed E-state index contributed by atoms with van der Waals surface area (Å²) in [4.78, 5) is 11.7. The summed E-state index contributed by atoms with van der Waals surface area (Å²) in [7, 11) is 0. The van der Waals surface area contributed by atoms with Crippen molar-refractivity contribution in [2.75, 3.05) is 26.2 Å². The molecule has 0 bridgehead atoms. The molecule has 4 nitrogen and oxygen atoms in total. The van der Waals surface area contributed by atoms with Gasteiger partial charge in [-0.05, 0) is 38.3 Å². The molecule has 1 heterocycles. The van der Waals surface area contributed by atoms with Gasteiger partial charge in [-0.1, -0.05) is 39.5 Å². The molecule has 1 fully saturated rings. The molecule has 1 aliphatic rings. The number of nitrogens with one attached hydrogen (secondary N) is 2. The number of amides is 1. The molecule has 1 saturated heterocycles. The Morgan fingerprint density at radius 3 is 2.62 bits per heavy atom. The van der Waals surface area contributed by atoms with Crippen molar-refractivity contribution in [1.82, 2.24) is 10.6 Å². The van der Waals surface area contributed by atoms with Crippen LogP contribution in [0.15, 0.2) is 0 Å². The molecular weight excluding hydrogens is 264 g/mol. The molecule has 4 heteroatoms. The summed E-state index contributed by atoms with van der Waals surface area (Å²) >= 11 is 0.